The van der Waals surface area contributed by atoms with Crippen molar-refractivity contribution >= 4 is 23.2 Å². The minimum Gasteiger partial charge on any atom is -0.497 e. The molecule has 0 spiro atoms. The van der Waals surface area contributed by atoms with Crippen LogP contribution in [0.5, 0.6) is 5.75 Å². The molecule has 0 aliphatic rings. The van der Waals surface area contributed by atoms with Gasteiger partial charge in [-0.25, -0.2) is 4.98 Å². The Morgan fingerprint density at radius 3 is 2.41 bits per heavy atom. The van der Waals surface area contributed by atoms with Crippen LogP contribution in [0.1, 0.15) is 31.3 Å². The van der Waals surface area contributed by atoms with Crippen molar-refractivity contribution in [1.29, 1.82) is 0 Å². The summed E-state index contributed by atoms with van der Waals surface area (Å²) in [5.41, 5.74) is 3.33. The van der Waals surface area contributed by atoms with Gasteiger partial charge in [-0.2, -0.15) is 0 Å². The first-order valence-electron chi connectivity index (χ1n) is 7.48. The van der Waals surface area contributed by atoms with Gasteiger partial charge in [0.05, 0.1) is 18.1 Å². The first-order chi connectivity index (χ1) is 10.7. The summed E-state index contributed by atoms with van der Waals surface area (Å²) in [4.78, 5) is 4.73. The molecule has 1 aromatic heterocycles. The van der Waals surface area contributed by atoms with Crippen LogP contribution >= 0.6 is 0 Å². The number of para-hydroxylation sites is 2. The number of nitrogens with zero attached hydrogens (tertiary/aromatic N) is 2. The van der Waals surface area contributed by atoms with Crippen molar-refractivity contribution in [3.8, 4) is 5.75 Å². The van der Waals surface area contributed by atoms with Gasteiger partial charge in [-0.05, 0) is 49.8 Å². The maximum atomic E-state index is 5.18. The van der Waals surface area contributed by atoms with Crippen molar-refractivity contribution in [3.05, 3.63) is 59.9 Å². The quantitative estimate of drug-likeness (QED) is 0.691. The molecule has 3 heteroatoms. The molecule has 2 aromatic carbocycles. The average Bonchev–Trinajstić information content (AvgIpc) is 2.92. The molecule has 0 atom stereocenters. The molecule has 0 saturated carbocycles. The van der Waals surface area contributed by atoms with Gasteiger partial charge in [0.2, 0.25) is 0 Å². The molecule has 3 aromatic rings. The van der Waals surface area contributed by atoms with E-state index in [9.17, 15) is 0 Å². The zero-order valence-electron chi connectivity index (χ0n) is 13.2. The van der Waals surface area contributed by atoms with Gasteiger partial charge in [0.1, 0.15) is 11.6 Å². The van der Waals surface area contributed by atoms with Gasteiger partial charge in [-0.3, -0.25) is 0 Å². The van der Waals surface area contributed by atoms with E-state index in [-0.39, 0.29) is 0 Å². The predicted molar refractivity (Wildman–Crippen MR) is 92.0 cm³/mol. The smallest absolute Gasteiger partial charge is 0.134 e. The molecule has 0 N–H and O–H groups in total. The number of aromatic nitrogens is 2. The van der Waals surface area contributed by atoms with Gasteiger partial charge in [-0.1, -0.05) is 30.3 Å². The number of methoxy groups -OCH3 is 1. The first kappa shape index (κ1) is 14.4. The van der Waals surface area contributed by atoms with E-state index in [1.54, 1.807) is 7.11 Å². The van der Waals surface area contributed by atoms with E-state index < -0.39 is 0 Å². The third kappa shape index (κ3) is 2.75. The van der Waals surface area contributed by atoms with Crippen LogP contribution in [0.15, 0.2) is 48.5 Å². The van der Waals surface area contributed by atoms with Crippen LogP contribution in [0.3, 0.4) is 0 Å². The van der Waals surface area contributed by atoms with Crippen LogP contribution in [-0.4, -0.2) is 16.7 Å². The lowest BCUT2D eigenvalue weighted by Crippen LogP contribution is -2.02. The highest BCUT2D eigenvalue weighted by Gasteiger charge is 2.10. The fraction of sp³-hybridized carbons (Fsp3) is 0.211. The van der Waals surface area contributed by atoms with Crippen molar-refractivity contribution in [3.63, 3.8) is 0 Å². The lowest BCUT2D eigenvalue weighted by Gasteiger charge is -2.10. The lowest BCUT2D eigenvalue weighted by atomic mass is 10.2. The topological polar surface area (TPSA) is 27.1 Å². The van der Waals surface area contributed by atoms with Crippen molar-refractivity contribution in [1.82, 2.24) is 9.55 Å². The zero-order chi connectivity index (χ0) is 15.5. The maximum Gasteiger partial charge on any atom is 0.134 e. The van der Waals surface area contributed by atoms with Crippen LogP contribution in [0.4, 0.5) is 0 Å². The van der Waals surface area contributed by atoms with Crippen molar-refractivity contribution in [2.45, 2.75) is 19.9 Å². The summed E-state index contributed by atoms with van der Waals surface area (Å²) >= 11 is 0. The molecule has 0 bridgehead atoms. The second-order valence-corrected chi connectivity index (χ2v) is 5.53. The molecule has 3 rings (SSSR count). The zero-order valence-corrected chi connectivity index (χ0v) is 13.2. The highest BCUT2D eigenvalue weighted by atomic mass is 16.5. The summed E-state index contributed by atoms with van der Waals surface area (Å²) in [5.74, 6) is 1.85. The number of ether oxygens (including phenoxy) is 1. The normalized spacial score (nSPS) is 11.6. The Hall–Kier alpha value is -2.55. The molecule has 0 amide bonds. The average molecular weight is 292 g/mol. The number of imidazole rings is 1. The Labute approximate surface area is 130 Å². The molecular formula is C19H20N2O. The molecule has 0 aliphatic carbocycles. The van der Waals surface area contributed by atoms with Crippen molar-refractivity contribution in [2.75, 3.05) is 7.11 Å². The number of hydrogen-bond donors (Lipinski definition) is 0. The first-order valence-corrected chi connectivity index (χ1v) is 7.48. The van der Waals surface area contributed by atoms with E-state index in [1.807, 2.05) is 30.3 Å². The number of benzene rings is 2. The van der Waals surface area contributed by atoms with Crippen molar-refractivity contribution < 1.29 is 4.74 Å². The van der Waals surface area contributed by atoms with Gasteiger partial charge < -0.3 is 9.30 Å². The highest BCUT2D eigenvalue weighted by molar-refractivity contribution is 5.80. The number of hydrogen-bond acceptors (Lipinski definition) is 2. The fourth-order valence-electron chi connectivity index (χ4n) is 2.61. The molecule has 0 saturated heterocycles. The van der Waals surface area contributed by atoms with Crippen LogP contribution in [-0.2, 0) is 0 Å². The monoisotopic (exact) mass is 292 g/mol. The van der Waals surface area contributed by atoms with Crippen LogP contribution in [0, 0.1) is 0 Å². The molecule has 0 radical (unpaired) electrons. The molecule has 1 heterocycles. The third-order valence-electron chi connectivity index (χ3n) is 3.68. The number of rotatable bonds is 4. The molecule has 0 unspecified atom stereocenters. The van der Waals surface area contributed by atoms with Gasteiger partial charge in [0.15, 0.2) is 0 Å². The Morgan fingerprint density at radius 1 is 1.00 bits per heavy atom. The van der Waals surface area contributed by atoms with E-state index >= 15 is 0 Å². The molecular weight excluding hydrogens is 272 g/mol. The summed E-state index contributed by atoms with van der Waals surface area (Å²) in [6.45, 7) is 4.36. The summed E-state index contributed by atoms with van der Waals surface area (Å²) in [6.07, 6.45) is 4.15. The van der Waals surface area contributed by atoms with Crippen LogP contribution in [0.25, 0.3) is 23.2 Å². The van der Waals surface area contributed by atoms with Gasteiger partial charge >= 0.3 is 0 Å². The van der Waals surface area contributed by atoms with E-state index in [4.69, 9.17) is 9.72 Å². The molecule has 22 heavy (non-hydrogen) atoms. The van der Waals surface area contributed by atoms with E-state index in [1.165, 1.54) is 5.52 Å². The summed E-state index contributed by atoms with van der Waals surface area (Å²) in [7, 11) is 1.68. The Morgan fingerprint density at radius 2 is 1.73 bits per heavy atom. The summed E-state index contributed by atoms with van der Waals surface area (Å²) in [5, 5.41) is 0. The van der Waals surface area contributed by atoms with Gasteiger partial charge in [0.25, 0.3) is 0 Å². The maximum absolute atomic E-state index is 5.18. The molecule has 3 nitrogen and oxygen atoms in total. The minimum absolute atomic E-state index is 0.364. The largest absolute Gasteiger partial charge is 0.497 e. The van der Waals surface area contributed by atoms with E-state index in [2.05, 4.69) is 48.8 Å². The van der Waals surface area contributed by atoms with Crippen LogP contribution < -0.4 is 4.74 Å². The Bertz CT molecular complexity index is 798. The SMILES string of the molecule is COc1ccc(C=Cc2nc3ccccc3n2C(C)C)cc1. The highest BCUT2D eigenvalue weighted by Crippen LogP contribution is 2.22. The second kappa shape index (κ2) is 6.06. The standard InChI is InChI=1S/C19H20N2O/c1-14(2)21-18-7-5-4-6-17(18)20-19(21)13-10-15-8-11-16(22-3)12-9-15/h4-14H,1-3H3. The number of fused-ring (bicyclic) bond motifs is 1. The van der Waals surface area contributed by atoms with Gasteiger partial charge in [-0.15, -0.1) is 0 Å². The second-order valence-electron chi connectivity index (χ2n) is 5.53. The molecule has 112 valence electrons. The Balaban J connectivity index is 1.98. The minimum atomic E-state index is 0.364. The fourth-order valence-corrected chi connectivity index (χ4v) is 2.61. The molecule has 0 fully saturated rings. The Kier molecular flexibility index (Phi) is 3.96. The van der Waals surface area contributed by atoms with Crippen molar-refractivity contribution in [2.24, 2.45) is 0 Å². The van der Waals surface area contributed by atoms with E-state index in [0.717, 1.165) is 22.7 Å². The molecule has 0 aliphatic heterocycles. The van der Waals surface area contributed by atoms with Gasteiger partial charge in [0, 0.05) is 6.04 Å². The van der Waals surface area contributed by atoms with E-state index in [0.29, 0.717) is 6.04 Å². The predicted octanol–water partition coefficient (Wildman–Crippen LogP) is 4.80. The summed E-state index contributed by atoms with van der Waals surface area (Å²) < 4.78 is 7.44. The van der Waals surface area contributed by atoms with Crippen LogP contribution in [0.2, 0.25) is 0 Å². The lowest BCUT2D eigenvalue weighted by molar-refractivity contribution is 0.415. The third-order valence-corrected chi connectivity index (χ3v) is 3.68. The summed E-state index contributed by atoms with van der Waals surface area (Å²) in [6, 6.07) is 16.6.